The van der Waals surface area contributed by atoms with Gasteiger partial charge in [0.2, 0.25) is 0 Å². The summed E-state index contributed by atoms with van der Waals surface area (Å²) in [5, 5.41) is 9.51. The van der Waals surface area contributed by atoms with Crippen molar-refractivity contribution >= 4 is 40.1 Å². The molecule has 0 amide bonds. The summed E-state index contributed by atoms with van der Waals surface area (Å²) in [5.74, 6) is -1.58. The molecule has 3 N–H and O–H groups in total. The van der Waals surface area contributed by atoms with E-state index >= 15 is 0 Å². The van der Waals surface area contributed by atoms with Crippen molar-refractivity contribution in [3.05, 3.63) is 34.3 Å². The maximum absolute atomic E-state index is 12.7. The van der Waals surface area contributed by atoms with Crippen molar-refractivity contribution in [2.45, 2.75) is 38.6 Å². The predicted molar refractivity (Wildman–Crippen MR) is 91.0 cm³/mol. The minimum atomic E-state index is -0.998. The number of rotatable bonds is 4. The van der Waals surface area contributed by atoms with Gasteiger partial charge in [-0.2, -0.15) is 0 Å². The summed E-state index contributed by atoms with van der Waals surface area (Å²) in [4.78, 5) is 24.3. The molecular weight excluding hydrogens is 370 g/mol. The van der Waals surface area contributed by atoms with Crippen molar-refractivity contribution in [2.24, 2.45) is 17.1 Å². The molecule has 3 unspecified atom stereocenters. The summed E-state index contributed by atoms with van der Waals surface area (Å²) in [6.07, 6.45) is 2.87. The van der Waals surface area contributed by atoms with Crippen molar-refractivity contribution in [2.75, 3.05) is 0 Å². The van der Waals surface area contributed by atoms with Gasteiger partial charge in [0.25, 0.3) is 0 Å². The van der Waals surface area contributed by atoms with Crippen molar-refractivity contribution in [3.8, 4) is 0 Å². The molecule has 3 atom stereocenters. The highest BCUT2D eigenvalue weighted by Crippen LogP contribution is 2.43. The van der Waals surface area contributed by atoms with Crippen LogP contribution in [0.15, 0.2) is 28.7 Å². The maximum Gasteiger partial charge on any atom is 0.310 e. The molecule has 1 fully saturated rings. The fourth-order valence-electron chi connectivity index (χ4n) is 3.10. The fraction of sp³-hybridized carbons (Fsp3) is 0.500. The average Bonchev–Trinajstić information content (AvgIpc) is 2.47. The average molecular weight is 391 g/mol. The molecule has 1 aromatic carbocycles. The Balaban J connectivity index is 0.00000242. The summed E-state index contributed by atoms with van der Waals surface area (Å²) >= 11 is 3.34. The Labute approximate surface area is 145 Å². The van der Waals surface area contributed by atoms with E-state index in [0.29, 0.717) is 12.8 Å². The summed E-state index contributed by atoms with van der Waals surface area (Å²) in [5.41, 5.74) is 5.81. The van der Waals surface area contributed by atoms with Crippen LogP contribution in [0.4, 0.5) is 0 Å². The van der Waals surface area contributed by atoms with E-state index in [2.05, 4.69) is 15.9 Å². The van der Waals surface area contributed by atoms with Gasteiger partial charge in [0.1, 0.15) is 0 Å². The first-order valence-corrected chi connectivity index (χ1v) is 7.94. The normalized spacial score (nSPS) is 25.9. The topological polar surface area (TPSA) is 80.4 Å². The molecule has 0 spiro atoms. The van der Waals surface area contributed by atoms with Gasteiger partial charge in [-0.15, -0.1) is 12.4 Å². The molecule has 22 heavy (non-hydrogen) atoms. The molecule has 122 valence electrons. The number of carboxylic acid groups (broad SMARTS) is 1. The van der Waals surface area contributed by atoms with E-state index in [9.17, 15) is 14.7 Å². The highest BCUT2D eigenvalue weighted by molar-refractivity contribution is 9.10. The number of benzene rings is 1. The molecule has 4 nitrogen and oxygen atoms in total. The number of carbonyl (C=O) groups excluding carboxylic acids is 1. The molecular formula is C16H21BrClNO3. The molecule has 2 rings (SSSR count). The lowest BCUT2D eigenvalue weighted by Gasteiger charge is -2.38. The van der Waals surface area contributed by atoms with Crippen LogP contribution in [0.3, 0.4) is 0 Å². The van der Waals surface area contributed by atoms with Crippen LogP contribution >= 0.6 is 28.3 Å². The van der Waals surface area contributed by atoms with E-state index in [1.54, 1.807) is 19.1 Å². The van der Waals surface area contributed by atoms with Gasteiger partial charge < -0.3 is 10.8 Å². The van der Waals surface area contributed by atoms with Gasteiger partial charge >= 0.3 is 5.97 Å². The van der Waals surface area contributed by atoms with Gasteiger partial charge in [-0.1, -0.05) is 40.9 Å². The summed E-state index contributed by atoms with van der Waals surface area (Å²) < 4.78 is 0.916. The van der Waals surface area contributed by atoms with Gasteiger partial charge in [-0.3, -0.25) is 9.59 Å². The summed E-state index contributed by atoms with van der Waals surface area (Å²) in [7, 11) is 0. The lowest BCUT2D eigenvalue weighted by Crippen LogP contribution is -2.45. The molecule has 0 radical (unpaired) electrons. The maximum atomic E-state index is 12.7. The zero-order valence-electron chi connectivity index (χ0n) is 12.4. The number of halogens is 2. The van der Waals surface area contributed by atoms with E-state index in [1.165, 1.54) is 0 Å². The Morgan fingerprint density at radius 2 is 1.91 bits per heavy atom. The second-order valence-electron chi connectivity index (χ2n) is 5.95. The first-order chi connectivity index (χ1) is 9.86. The number of Topliss-reactive ketones (excluding diaryl/α,β-unsaturated/α-hetero) is 1. The number of ketones is 1. The van der Waals surface area contributed by atoms with Gasteiger partial charge in [0, 0.05) is 10.4 Å². The fourth-order valence-corrected chi connectivity index (χ4v) is 3.36. The Kier molecular flexibility index (Phi) is 6.59. The number of aliphatic carboxylic acids is 1. The minimum Gasteiger partial charge on any atom is -0.481 e. The Morgan fingerprint density at radius 1 is 1.32 bits per heavy atom. The number of carbonyl (C=O) groups is 2. The number of hydrogen-bond donors (Lipinski definition) is 2. The quantitative estimate of drug-likeness (QED) is 0.821. The van der Waals surface area contributed by atoms with Gasteiger partial charge in [-0.05, 0) is 37.5 Å². The van der Waals surface area contributed by atoms with Crippen LogP contribution in [-0.2, 0) is 9.59 Å². The van der Waals surface area contributed by atoms with Crippen molar-refractivity contribution in [3.63, 3.8) is 0 Å². The Hall–Kier alpha value is -0.910. The van der Waals surface area contributed by atoms with Crippen LogP contribution in [0, 0.1) is 11.3 Å². The third-order valence-electron chi connectivity index (χ3n) is 4.58. The molecule has 1 saturated carbocycles. The smallest absolute Gasteiger partial charge is 0.310 e. The van der Waals surface area contributed by atoms with Crippen LogP contribution in [0.2, 0.25) is 0 Å². The standard InChI is InChI=1S/C16H20BrNO3.ClH/c1-16(15(20)21)9-3-2-4-12(16)14(19)13(18)10-5-7-11(17)8-6-10;/h5-8,12-13H,2-4,9,18H2,1H3,(H,20,21);1H. The summed E-state index contributed by atoms with van der Waals surface area (Å²) in [6, 6.07) is 6.50. The van der Waals surface area contributed by atoms with Crippen molar-refractivity contribution in [1.82, 2.24) is 0 Å². The zero-order valence-corrected chi connectivity index (χ0v) is 14.8. The third-order valence-corrected chi connectivity index (χ3v) is 5.10. The first-order valence-electron chi connectivity index (χ1n) is 7.14. The Bertz CT molecular complexity index is 549. The minimum absolute atomic E-state index is 0. The van der Waals surface area contributed by atoms with Gasteiger partial charge in [0.05, 0.1) is 11.5 Å². The van der Waals surface area contributed by atoms with Crippen LogP contribution in [-0.4, -0.2) is 16.9 Å². The largest absolute Gasteiger partial charge is 0.481 e. The highest BCUT2D eigenvalue weighted by atomic mass is 79.9. The van der Waals surface area contributed by atoms with Crippen molar-refractivity contribution < 1.29 is 14.7 Å². The zero-order chi connectivity index (χ0) is 15.6. The molecule has 0 bridgehead atoms. The SMILES string of the molecule is CC1(C(=O)O)CCCCC1C(=O)C(N)c1ccc(Br)cc1.Cl. The first kappa shape index (κ1) is 19.1. The van der Waals surface area contributed by atoms with Crippen molar-refractivity contribution in [1.29, 1.82) is 0 Å². The molecule has 0 aliphatic heterocycles. The molecule has 6 heteroatoms. The van der Waals surface area contributed by atoms with E-state index in [4.69, 9.17) is 5.73 Å². The van der Waals surface area contributed by atoms with Crippen LogP contribution < -0.4 is 5.73 Å². The van der Waals surface area contributed by atoms with Crippen LogP contribution in [0.1, 0.15) is 44.2 Å². The number of nitrogens with two attached hydrogens (primary N) is 1. The lowest BCUT2D eigenvalue weighted by atomic mass is 9.64. The monoisotopic (exact) mass is 389 g/mol. The van der Waals surface area contributed by atoms with Crippen LogP contribution in [0.5, 0.6) is 0 Å². The third kappa shape index (κ3) is 3.70. The second kappa shape index (κ2) is 7.57. The van der Waals surface area contributed by atoms with E-state index in [1.807, 2.05) is 12.1 Å². The molecule has 0 heterocycles. The second-order valence-corrected chi connectivity index (χ2v) is 6.87. The number of carboxylic acids is 1. The summed E-state index contributed by atoms with van der Waals surface area (Å²) in [6.45, 7) is 1.67. The molecule has 1 aliphatic rings. The highest BCUT2D eigenvalue weighted by Gasteiger charge is 2.47. The number of hydrogen-bond acceptors (Lipinski definition) is 3. The Morgan fingerprint density at radius 3 is 2.45 bits per heavy atom. The van der Waals surface area contributed by atoms with Gasteiger partial charge in [0.15, 0.2) is 5.78 Å². The molecule has 1 aliphatic carbocycles. The van der Waals surface area contributed by atoms with Gasteiger partial charge in [-0.25, -0.2) is 0 Å². The van der Waals surface area contributed by atoms with E-state index in [0.717, 1.165) is 22.9 Å². The predicted octanol–water partition coefficient (Wildman–Crippen LogP) is 3.72. The molecule has 1 aromatic rings. The van der Waals surface area contributed by atoms with Crippen LogP contribution in [0.25, 0.3) is 0 Å². The lowest BCUT2D eigenvalue weighted by molar-refractivity contribution is -0.157. The van der Waals surface area contributed by atoms with E-state index in [-0.39, 0.29) is 18.2 Å². The van der Waals surface area contributed by atoms with E-state index < -0.39 is 23.3 Å². The molecule has 0 saturated heterocycles. The molecule has 0 aromatic heterocycles.